The van der Waals surface area contributed by atoms with Crippen LogP contribution in [0.3, 0.4) is 0 Å². The van der Waals surface area contributed by atoms with Gasteiger partial charge in [-0.2, -0.15) is 0 Å². The molecular weight excluding hydrogens is 380 g/mol. The fourth-order valence-electron chi connectivity index (χ4n) is 2.22. The Balaban J connectivity index is 2.37. The van der Waals surface area contributed by atoms with E-state index >= 15 is 0 Å². The van der Waals surface area contributed by atoms with Crippen LogP contribution in [-0.2, 0) is 0 Å². The van der Waals surface area contributed by atoms with Gasteiger partial charge >= 0.3 is 0 Å². The zero-order valence-electron chi connectivity index (χ0n) is 10.8. The van der Waals surface area contributed by atoms with Gasteiger partial charge in [0.05, 0.1) is 31.2 Å². The quantitative estimate of drug-likeness (QED) is 0.628. The second-order valence-electron chi connectivity index (χ2n) is 4.61. The number of aryl methyl sites for hydroxylation is 1. The molecule has 0 saturated carbocycles. The lowest BCUT2D eigenvalue weighted by atomic mass is 10.2. The minimum atomic E-state index is -0.333. The number of benzene rings is 2. The fourth-order valence-corrected chi connectivity index (χ4v) is 2.87. The van der Waals surface area contributed by atoms with E-state index in [1.165, 1.54) is 6.07 Å². The molecule has 0 radical (unpaired) electrons. The van der Waals surface area contributed by atoms with E-state index in [0.29, 0.717) is 25.6 Å². The van der Waals surface area contributed by atoms with Crippen LogP contribution in [0, 0.1) is 12.7 Å². The van der Waals surface area contributed by atoms with Crippen LogP contribution in [0.2, 0.25) is 10.0 Å². The highest BCUT2D eigenvalue weighted by Gasteiger charge is 2.15. The van der Waals surface area contributed by atoms with Gasteiger partial charge in [0.25, 0.3) is 0 Å². The SMILES string of the molecule is Cc1cc(F)c(Br)cc1-n1c(N)nc2cc(Cl)c(Cl)cc21. The van der Waals surface area contributed by atoms with Crippen LogP contribution in [-0.4, -0.2) is 9.55 Å². The molecule has 0 aliphatic heterocycles. The average Bonchev–Trinajstić information content (AvgIpc) is 2.70. The van der Waals surface area contributed by atoms with Crippen molar-refractivity contribution in [3.05, 3.63) is 50.2 Å². The molecule has 2 aromatic carbocycles. The Labute approximate surface area is 138 Å². The monoisotopic (exact) mass is 387 g/mol. The van der Waals surface area contributed by atoms with Crippen molar-refractivity contribution in [2.24, 2.45) is 0 Å². The fraction of sp³-hybridized carbons (Fsp3) is 0.0714. The van der Waals surface area contributed by atoms with Crippen LogP contribution in [0.15, 0.2) is 28.7 Å². The van der Waals surface area contributed by atoms with Gasteiger partial charge in [-0.05, 0) is 52.7 Å². The molecule has 2 N–H and O–H groups in total. The Morgan fingerprint density at radius 1 is 1.19 bits per heavy atom. The van der Waals surface area contributed by atoms with Gasteiger partial charge in [-0.25, -0.2) is 9.37 Å². The van der Waals surface area contributed by atoms with Crippen LogP contribution in [0.5, 0.6) is 0 Å². The zero-order chi connectivity index (χ0) is 15.3. The highest BCUT2D eigenvalue weighted by atomic mass is 79.9. The van der Waals surface area contributed by atoms with E-state index in [9.17, 15) is 4.39 Å². The smallest absolute Gasteiger partial charge is 0.205 e. The molecule has 0 spiro atoms. The van der Waals surface area contributed by atoms with Crippen molar-refractivity contribution in [2.75, 3.05) is 5.73 Å². The summed E-state index contributed by atoms with van der Waals surface area (Å²) in [6.07, 6.45) is 0. The van der Waals surface area contributed by atoms with Crippen molar-refractivity contribution in [1.82, 2.24) is 9.55 Å². The zero-order valence-corrected chi connectivity index (χ0v) is 13.9. The van der Waals surface area contributed by atoms with Crippen molar-refractivity contribution in [2.45, 2.75) is 6.92 Å². The summed E-state index contributed by atoms with van der Waals surface area (Å²) >= 11 is 15.2. The summed E-state index contributed by atoms with van der Waals surface area (Å²) in [5, 5.41) is 0.815. The van der Waals surface area contributed by atoms with Gasteiger partial charge < -0.3 is 5.73 Å². The lowest BCUT2D eigenvalue weighted by Gasteiger charge is -2.11. The van der Waals surface area contributed by atoms with E-state index in [2.05, 4.69) is 20.9 Å². The number of anilines is 1. The third-order valence-corrected chi connectivity index (χ3v) is 4.53. The molecule has 0 aliphatic carbocycles. The summed E-state index contributed by atoms with van der Waals surface area (Å²) in [6, 6.07) is 6.44. The maximum Gasteiger partial charge on any atom is 0.205 e. The average molecular weight is 389 g/mol. The second-order valence-corrected chi connectivity index (χ2v) is 6.28. The molecule has 3 aromatic rings. The van der Waals surface area contributed by atoms with E-state index < -0.39 is 0 Å². The van der Waals surface area contributed by atoms with Crippen LogP contribution >= 0.6 is 39.1 Å². The number of hydrogen-bond donors (Lipinski definition) is 1. The van der Waals surface area contributed by atoms with Gasteiger partial charge in [-0.1, -0.05) is 23.2 Å². The third kappa shape index (κ3) is 2.39. The summed E-state index contributed by atoms with van der Waals surface area (Å²) < 4.78 is 15.7. The van der Waals surface area contributed by atoms with Crippen LogP contribution in [0.25, 0.3) is 16.7 Å². The van der Waals surface area contributed by atoms with Crippen molar-refractivity contribution < 1.29 is 4.39 Å². The molecule has 0 fully saturated rings. The molecule has 108 valence electrons. The van der Waals surface area contributed by atoms with Gasteiger partial charge in [-0.15, -0.1) is 0 Å². The molecule has 3 rings (SSSR count). The summed E-state index contributed by atoms with van der Waals surface area (Å²) in [7, 11) is 0. The van der Waals surface area contributed by atoms with Gasteiger partial charge in [0.1, 0.15) is 5.82 Å². The van der Waals surface area contributed by atoms with E-state index in [4.69, 9.17) is 28.9 Å². The Bertz CT molecular complexity index is 877. The maximum absolute atomic E-state index is 13.6. The van der Waals surface area contributed by atoms with E-state index in [1.807, 2.05) is 0 Å². The van der Waals surface area contributed by atoms with Gasteiger partial charge in [0, 0.05) is 0 Å². The molecule has 0 bridgehead atoms. The molecule has 1 heterocycles. The van der Waals surface area contributed by atoms with Gasteiger partial charge in [-0.3, -0.25) is 4.57 Å². The first-order valence-electron chi connectivity index (χ1n) is 5.97. The Morgan fingerprint density at radius 3 is 2.57 bits per heavy atom. The normalized spacial score (nSPS) is 11.3. The molecule has 21 heavy (non-hydrogen) atoms. The summed E-state index contributed by atoms with van der Waals surface area (Å²) in [4.78, 5) is 4.27. The Kier molecular flexibility index (Phi) is 3.59. The van der Waals surface area contributed by atoms with E-state index in [-0.39, 0.29) is 11.8 Å². The van der Waals surface area contributed by atoms with Crippen LogP contribution < -0.4 is 5.73 Å². The van der Waals surface area contributed by atoms with Crippen molar-refractivity contribution in [3.63, 3.8) is 0 Å². The minimum absolute atomic E-state index is 0.282. The largest absolute Gasteiger partial charge is 0.369 e. The number of hydrogen-bond acceptors (Lipinski definition) is 2. The lowest BCUT2D eigenvalue weighted by Crippen LogP contribution is -2.03. The highest BCUT2D eigenvalue weighted by Crippen LogP contribution is 2.33. The predicted octanol–water partition coefficient (Wildman–Crippen LogP) is 5.12. The molecule has 0 amide bonds. The number of nitrogens with zero attached hydrogens (tertiary/aromatic N) is 2. The molecule has 7 heteroatoms. The topological polar surface area (TPSA) is 43.8 Å². The van der Waals surface area contributed by atoms with Crippen molar-refractivity contribution in [1.29, 1.82) is 0 Å². The number of nitrogen functional groups attached to an aromatic ring is 1. The highest BCUT2D eigenvalue weighted by molar-refractivity contribution is 9.10. The summed E-state index contributed by atoms with van der Waals surface area (Å²) in [5.41, 5.74) is 8.79. The predicted molar refractivity (Wildman–Crippen MR) is 87.9 cm³/mol. The van der Waals surface area contributed by atoms with Crippen LogP contribution in [0.1, 0.15) is 5.56 Å². The number of nitrogens with two attached hydrogens (primary N) is 1. The molecule has 1 aromatic heterocycles. The van der Waals surface area contributed by atoms with Crippen LogP contribution in [0.4, 0.5) is 10.3 Å². The number of imidazole rings is 1. The molecule has 0 saturated heterocycles. The molecule has 0 atom stereocenters. The third-order valence-electron chi connectivity index (χ3n) is 3.20. The molecular formula is C14H9BrCl2FN3. The number of halogens is 4. The van der Waals surface area contributed by atoms with Gasteiger partial charge in [0.15, 0.2) is 0 Å². The molecule has 0 unspecified atom stereocenters. The number of rotatable bonds is 1. The first kappa shape index (κ1) is 14.6. The lowest BCUT2D eigenvalue weighted by molar-refractivity contribution is 0.619. The number of aromatic nitrogens is 2. The molecule has 3 nitrogen and oxygen atoms in total. The van der Waals surface area contributed by atoms with Gasteiger partial charge in [0.2, 0.25) is 5.95 Å². The van der Waals surface area contributed by atoms with E-state index in [1.54, 1.807) is 29.7 Å². The second kappa shape index (κ2) is 5.16. The molecule has 0 aliphatic rings. The van der Waals surface area contributed by atoms with Crippen molar-refractivity contribution >= 4 is 56.1 Å². The number of fused-ring (bicyclic) bond motifs is 1. The standard InChI is InChI=1S/C14H9BrCl2FN3/c1-6-2-10(18)7(15)3-12(6)21-13-5-9(17)8(16)4-11(13)20-14(21)19/h2-5H,1H3,(H2,19,20). The Hall–Kier alpha value is -1.30. The first-order chi connectivity index (χ1) is 9.88. The summed E-state index contributed by atoms with van der Waals surface area (Å²) in [5.74, 6) is -0.0507. The first-order valence-corrected chi connectivity index (χ1v) is 7.52. The summed E-state index contributed by atoms with van der Waals surface area (Å²) in [6.45, 7) is 1.80. The Morgan fingerprint density at radius 2 is 1.86 bits per heavy atom. The van der Waals surface area contributed by atoms with Crippen molar-refractivity contribution in [3.8, 4) is 5.69 Å². The minimum Gasteiger partial charge on any atom is -0.369 e. The van der Waals surface area contributed by atoms with E-state index in [0.717, 1.165) is 11.3 Å². The maximum atomic E-state index is 13.6.